The fourth-order valence-electron chi connectivity index (χ4n) is 1.89. The van der Waals surface area contributed by atoms with E-state index in [2.05, 4.69) is 32.8 Å². The van der Waals surface area contributed by atoms with Crippen LogP contribution in [0.15, 0.2) is 6.20 Å². The lowest BCUT2D eigenvalue weighted by molar-refractivity contribution is 0.339. The third kappa shape index (κ3) is 3.73. The van der Waals surface area contributed by atoms with Crippen LogP contribution in [0.2, 0.25) is 0 Å². The first-order chi connectivity index (χ1) is 7.89. The molecule has 0 aliphatic heterocycles. The molecule has 1 unspecified atom stereocenters. The van der Waals surface area contributed by atoms with E-state index in [1.807, 2.05) is 4.68 Å². The molecule has 0 aliphatic rings. The van der Waals surface area contributed by atoms with E-state index in [1.54, 1.807) is 13.3 Å². The highest BCUT2D eigenvalue weighted by Crippen LogP contribution is 2.30. The van der Waals surface area contributed by atoms with Gasteiger partial charge in [-0.1, -0.05) is 20.8 Å². The van der Waals surface area contributed by atoms with Crippen LogP contribution in [-0.4, -0.2) is 16.9 Å². The van der Waals surface area contributed by atoms with Gasteiger partial charge in [-0.2, -0.15) is 5.10 Å². The summed E-state index contributed by atoms with van der Waals surface area (Å²) in [5.74, 6) is 0.799. The Morgan fingerprint density at radius 2 is 2.12 bits per heavy atom. The van der Waals surface area contributed by atoms with Gasteiger partial charge >= 0.3 is 0 Å². The van der Waals surface area contributed by atoms with Crippen molar-refractivity contribution in [2.75, 3.05) is 7.11 Å². The fourth-order valence-corrected chi connectivity index (χ4v) is 1.89. The van der Waals surface area contributed by atoms with E-state index in [4.69, 9.17) is 10.5 Å². The highest BCUT2D eigenvalue weighted by Gasteiger charge is 2.20. The van der Waals surface area contributed by atoms with Crippen LogP contribution >= 0.6 is 0 Å². The molecule has 4 heteroatoms. The van der Waals surface area contributed by atoms with E-state index < -0.39 is 0 Å². The topological polar surface area (TPSA) is 53.1 Å². The van der Waals surface area contributed by atoms with Crippen LogP contribution < -0.4 is 10.5 Å². The molecule has 1 aromatic heterocycles. The van der Waals surface area contributed by atoms with Gasteiger partial charge in [0.15, 0.2) is 5.75 Å². The van der Waals surface area contributed by atoms with Gasteiger partial charge in [-0.3, -0.25) is 4.68 Å². The maximum absolute atomic E-state index is 6.26. The molecule has 1 atom stereocenters. The molecule has 0 saturated carbocycles. The molecule has 0 saturated heterocycles. The Morgan fingerprint density at radius 3 is 2.59 bits per heavy atom. The summed E-state index contributed by atoms with van der Waals surface area (Å²) < 4.78 is 7.24. The first kappa shape index (κ1) is 14.0. The van der Waals surface area contributed by atoms with Crippen LogP contribution in [0.1, 0.15) is 52.3 Å². The molecular weight excluding hydrogens is 214 g/mol. The maximum Gasteiger partial charge on any atom is 0.161 e. The highest BCUT2D eigenvalue weighted by atomic mass is 16.5. The van der Waals surface area contributed by atoms with Crippen LogP contribution in [0.4, 0.5) is 0 Å². The van der Waals surface area contributed by atoms with Gasteiger partial charge in [0.2, 0.25) is 0 Å². The molecule has 0 aliphatic carbocycles. The van der Waals surface area contributed by atoms with Gasteiger partial charge in [-0.25, -0.2) is 0 Å². The van der Waals surface area contributed by atoms with Crippen molar-refractivity contribution in [3.8, 4) is 5.75 Å². The van der Waals surface area contributed by atoms with Crippen molar-refractivity contribution >= 4 is 0 Å². The molecule has 0 aromatic carbocycles. The molecule has 4 nitrogen and oxygen atoms in total. The van der Waals surface area contributed by atoms with Crippen LogP contribution in [0.25, 0.3) is 0 Å². The zero-order valence-electron chi connectivity index (χ0n) is 11.7. The molecule has 0 spiro atoms. The SMILES string of the molecule is CCn1ncc(OC)c1C(N)CCC(C)(C)C. The summed E-state index contributed by atoms with van der Waals surface area (Å²) in [5, 5.41) is 4.28. The smallest absolute Gasteiger partial charge is 0.161 e. The second-order valence-corrected chi connectivity index (χ2v) is 5.62. The number of ether oxygens (including phenoxy) is 1. The highest BCUT2D eigenvalue weighted by molar-refractivity contribution is 5.28. The second kappa shape index (κ2) is 5.54. The van der Waals surface area contributed by atoms with Crippen molar-refractivity contribution in [2.45, 2.75) is 53.1 Å². The number of aryl methyl sites for hydroxylation is 1. The summed E-state index contributed by atoms with van der Waals surface area (Å²) in [6.45, 7) is 9.57. The summed E-state index contributed by atoms with van der Waals surface area (Å²) in [5.41, 5.74) is 7.58. The molecular formula is C13H25N3O. The van der Waals surface area contributed by atoms with E-state index in [0.29, 0.717) is 5.41 Å². The lowest BCUT2D eigenvalue weighted by atomic mass is 9.88. The van der Waals surface area contributed by atoms with Crippen molar-refractivity contribution in [3.63, 3.8) is 0 Å². The third-order valence-corrected chi connectivity index (χ3v) is 2.92. The minimum atomic E-state index is -0.00775. The molecule has 0 radical (unpaired) electrons. The Labute approximate surface area is 104 Å². The Bertz CT molecular complexity index is 331. The maximum atomic E-state index is 6.26. The summed E-state index contributed by atoms with van der Waals surface area (Å²) in [4.78, 5) is 0. The van der Waals surface area contributed by atoms with Crippen LogP contribution in [0.3, 0.4) is 0 Å². The van der Waals surface area contributed by atoms with Crippen molar-refractivity contribution < 1.29 is 4.74 Å². The van der Waals surface area contributed by atoms with E-state index >= 15 is 0 Å². The lowest BCUT2D eigenvalue weighted by Crippen LogP contribution is -2.19. The van der Waals surface area contributed by atoms with E-state index in [9.17, 15) is 0 Å². The van der Waals surface area contributed by atoms with Gasteiger partial charge in [-0.05, 0) is 25.2 Å². The Kier molecular flexibility index (Phi) is 4.57. The van der Waals surface area contributed by atoms with Crippen molar-refractivity contribution in [2.24, 2.45) is 11.1 Å². The molecule has 0 bridgehead atoms. The molecule has 1 rings (SSSR count). The zero-order chi connectivity index (χ0) is 13.1. The zero-order valence-corrected chi connectivity index (χ0v) is 11.7. The summed E-state index contributed by atoms with van der Waals surface area (Å²) in [6, 6.07) is -0.00775. The number of nitrogens with zero attached hydrogens (tertiary/aromatic N) is 2. The summed E-state index contributed by atoms with van der Waals surface area (Å²) in [7, 11) is 1.66. The number of hydrogen-bond donors (Lipinski definition) is 1. The molecule has 98 valence electrons. The van der Waals surface area contributed by atoms with Gasteiger partial charge in [0, 0.05) is 6.54 Å². The first-order valence-electron chi connectivity index (χ1n) is 6.24. The Morgan fingerprint density at radius 1 is 1.47 bits per heavy atom. The average Bonchev–Trinajstić information content (AvgIpc) is 2.67. The van der Waals surface area contributed by atoms with Gasteiger partial charge in [-0.15, -0.1) is 0 Å². The monoisotopic (exact) mass is 239 g/mol. The Balaban J connectivity index is 2.79. The van der Waals surface area contributed by atoms with E-state index in [-0.39, 0.29) is 6.04 Å². The largest absolute Gasteiger partial charge is 0.493 e. The van der Waals surface area contributed by atoms with Gasteiger partial charge in [0.25, 0.3) is 0 Å². The number of aromatic nitrogens is 2. The third-order valence-electron chi connectivity index (χ3n) is 2.92. The van der Waals surface area contributed by atoms with Gasteiger partial charge < -0.3 is 10.5 Å². The summed E-state index contributed by atoms with van der Waals surface area (Å²) in [6.07, 6.45) is 3.79. The molecule has 1 heterocycles. The normalized spacial score (nSPS) is 13.8. The standard InChI is InChI=1S/C13H25N3O/c1-6-16-12(11(17-5)9-15-16)10(14)7-8-13(2,3)4/h9-10H,6-8,14H2,1-5H3. The fraction of sp³-hybridized carbons (Fsp3) is 0.769. The molecule has 0 amide bonds. The number of hydrogen-bond acceptors (Lipinski definition) is 3. The van der Waals surface area contributed by atoms with Crippen LogP contribution in [-0.2, 0) is 6.54 Å². The van der Waals surface area contributed by atoms with Gasteiger partial charge in [0.05, 0.1) is 25.0 Å². The van der Waals surface area contributed by atoms with Crippen molar-refractivity contribution in [3.05, 3.63) is 11.9 Å². The number of rotatable bonds is 5. The molecule has 0 fully saturated rings. The molecule has 1 aromatic rings. The number of nitrogens with two attached hydrogens (primary N) is 1. The van der Waals surface area contributed by atoms with Crippen LogP contribution in [0.5, 0.6) is 5.75 Å². The molecule has 2 N–H and O–H groups in total. The first-order valence-corrected chi connectivity index (χ1v) is 6.24. The van der Waals surface area contributed by atoms with Crippen molar-refractivity contribution in [1.82, 2.24) is 9.78 Å². The number of methoxy groups -OCH3 is 1. The van der Waals surface area contributed by atoms with Crippen LogP contribution in [0, 0.1) is 5.41 Å². The quantitative estimate of drug-likeness (QED) is 0.859. The van der Waals surface area contributed by atoms with E-state index in [0.717, 1.165) is 30.8 Å². The van der Waals surface area contributed by atoms with Gasteiger partial charge in [0.1, 0.15) is 0 Å². The minimum Gasteiger partial charge on any atom is -0.493 e. The van der Waals surface area contributed by atoms with Crippen molar-refractivity contribution in [1.29, 1.82) is 0 Å². The molecule has 17 heavy (non-hydrogen) atoms. The average molecular weight is 239 g/mol. The minimum absolute atomic E-state index is 0.00775. The Hall–Kier alpha value is -1.03. The predicted molar refractivity (Wildman–Crippen MR) is 70.1 cm³/mol. The predicted octanol–water partition coefficient (Wildman–Crippen LogP) is 2.74. The van der Waals surface area contributed by atoms with E-state index in [1.165, 1.54) is 0 Å². The second-order valence-electron chi connectivity index (χ2n) is 5.62. The summed E-state index contributed by atoms with van der Waals surface area (Å²) >= 11 is 0. The lowest BCUT2D eigenvalue weighted by Gasteiger charge is -2.21.